The Hall–Kier alpha value is -2.26. The van der Waals surface area contributed by atoms with Gasteiger partial charge in [-0.1, -0.05) is 44.2 Å². The summed E-state index contributed by atoms with van der Waals surface area (Å²) in [7, 11) is 1.74. The second kappa shape index (κ2) is 9.61. The van der Waals surface area contributed by atoms with Crippen molar-refractivity contribution in [1.82, 2.24) is 9.47 Å². The van der Waals surface area contributed by atoms with Crippen LogP contribution >= 0.6 is 0 Å². The zero-order valence-corrected chi connectivity index (χ0v) is 16.9. The Bertz CT molecular complexity index is 834. The Morgan fingerprint density at radius 2 is 1.74 bits per heavy atom. The van der Waals surface area contributed by atoms with Gasteiger partial charge in [-0.25, -0.2) is 0 Å². The van der Waals surface area contributed by atoms with E-state index >= 15 is 0 Å². The summed E-state index contributed by atoms with van der Waals surface area (Å²) in [6.07, 6.45) is 5.70. The van der Waals surface area contributed by atoms with E-state index in [1.165, 1.54) is 22.0 Å². The number of benzene rings is 2. The summed E-state index contributed by atoms with van der Waals surface area (Å²) < 4.78 is 7.90. The number of fused-ring (bicyclic) bond motifs is 1. The molecule has 0 amide bonds. The van der Waals surface area contributed by atoms with E-state index in [1.807, 2.05) is 0 Å². The second-order valence-electron chi connectivity index (χ2n) is 7.10. The third-order valence-electron chi connectivity index (χ3n) is 5.47. The van der Waals surface area contributed by atoms with E-state index in [-0.39, 0.29) is 0 Å². The summed E-state index contributed by atoms with van der Waals surface area (Å²) in [5.41, 5.74) is 4.16. The molecule has 3 heteroatoms. The van der Waals surface area contributed by atoms with E-state index < -0.39 is 0 Å². The van der Waals surface area contributed by atoms with Crippen LogP contribution in [0.3, 0.4) is 0 Å². The highest BCUT2D eigenvalue weighted by Gasteiger charge is 2.11. The number of rotatable bonds is 10. The summed E-state index contributed by atoms with van der Waals surface area (Å²) in [6, 6.07) is 17.2. The van der Waals surface area contributed by atoms with Crippen LogP contribution in [0, 0.1) is 0 Å². The normalized spacial score (nSPS) is 11.4. The van der Waals surface area contributed by atoms with E-state index in [0.29, 0.717) is 0 Å². The van der Waals surface area contributed by atoms with Gasteiger partial charge in [-0.2, -0.15) is 0 Å². The van der Waals surface area contributed by atoms with Crippen molar-refractivity contribution in [3.63, 3.8) is 0 Å². The molecule has 1 aromatic heterocycles. The van der Waals surface area contributed by atoms with Gasteiger partial charge in [-0.3, -0.25) is 0 Å². The Labute approximate surface area is 163 Å². The number of nitrogens with zero attached hydrogens (tertiary/aromatic N) is 2. The molecule has 0 N–H and O–H groups in total. The van der Waals surface area contributed by atoms with Crippen molar-refractivity contribution in [1.29, 1.82) is 0 Å². The first-order chi connectivity index (χ1) is 13.2. The molecule has 0 atom stereocenters. The molecule has 0 radical (unpaired) electrons. The fraction of sp³-hybridized carbons (Fsp3) is 0.417. The van der Waals surface area contributed by atoms with Crippen molar-refractivity contribution in [2.24, 2.45) is 0 Å². The minimum atomic E-state index is 0.939. The van der Waals surface area contributed by atoms with Crippen LogP contribution in [0.2, 0.25) is 0 Å². The lowest BCUT2D eigenvalue weighted by Gasteiger charge is -2.17. The van der Waals surface area contributed by atoms with Gasteiger partial charge < -0.3 is 14.2 Å². The minimum Gasteiger partial charge on any atom is -0.497 e. The molecular weight excluding hydrogens is 332 g/mol. The van der Waals surface area contributed by atoms with Crippen molar-refractivity contribution in [3.05, 3.63) is 65.9 Å². The maximum atomic E-state index is 5.47. The first kappa shape index (κ1) is 19.5. The molecule has 0 saturated heterocycles. The smallest absolute Gasteiger partial charge is 0.119 e. The molecule has 27 heavy (non-hydrogen) atoms. The molecule has 0 unspecified atom stereocenters. The van der Waals surface area contributed by atoms with Gasteiger partial charge in [-0.05, 0) is 61.7 Å². The van der Waals surface area contributed by atoms with Crippen LogP contribution in [-0.2, 0) is 19.4 Å². The molecule has 0 fully saturated rings. The number of ether oxygens (including phenoxy) is 1. The first-order valence-corrected chi connectivity index (χ1v) is 10.2. The van der Waals surface area contributed by atoms with Gasteiger partial charge in [0.25, 0.3) is 0 Å². The lowest BCUT2D eigenvalue weighted by molar-refractivity contribution is 0.308. The van der Waals surface area contributed by atoms with Crippen LogP contribution in [0.4, 0.5) is 0 Å². The summed E-state index contributed by atoms with van der Waals surface area (Å²) >= 11 is 0. The van der Waals surface area contributed by atoms with Crippen LogP contribution in [0.15, 0.2) is 54.7 Å². The van der Waals surface area contributed by atoms with Crippen LogP contribution in [-0.4, -0.2) is 36.2 Å². The zero-order chi connectivity index (χ0) is 19.1. The molecule has 3 nitrogen and oxygen atoms in total. The van der Waals surface area contributed by atoms with Crippen molar-refractivity contribution in [2.75, 3.05) is 26.7 Å². The monoisotopic (exact) mass is 364 g/mol. The van der Waals surface area contributed by atoms with Gasteiger partial charge >= 0.3 is 0 Å². The number of methoxy groups -OCH3 is 1. The number of aryl methyl sites for hydroxylation is 2. The van der Waals surface area contributed by atoms with E-state index in [4.69, 9.17) is 4.74 Å². The number of hydrogen-bond acceptors (Lipinski definition) is 2. The highest BCUT2D eigenvalue weighted by Crippen LogP contribution is 2.27. The quantitative estimate of drug-likeness (QED) is 0.494. The Kier molecular flexibility index (Phi) is 6.94. The summed E-state index contributed by atoms with van der Waals surface area (Å²) in [5, 5.41) is 1.33. The summed E-state index contributed by atoms with van der Waals surface area (Å²) in [6.45, 7) is 8.83. The Morgan fingerprint density at radius 3 is 2.44 bits per heavy atom. The summed E-state index contributed by atoms with van der Waals surface area (Å²) in [5.74, 6) is 0.939. The molecule has 2 aromatic carbocycles. The fourth-order valence-corrected chi connectivity index (χ4v) is 3.78. The van der Waals surface area contributed by atoms with E-state index in [9.17, 15) is 0 Å². The van der Waals surface area contributed by atoms with Gasteiger partial charge in [0.05, 0.1) is 7.11 Å². The van der Waals surface area contributed by atoms with E-state index in [2.05, 4.69) is 78.0 Å². The van der Waals surface area contributed by atoms with Crippen LogP contribution in [0.5, 0.6) is 5.75 Å². The number of aromatic nitrogens is 1. The van der Waals surface area contributed by atoms with Gasteiger partial charge in [0.2, 0.25) is 0 Å². The highest BCUT2D eigenvalue weighted by molar-refractivity contribution is 5.85. The minimum absolute atomic E-state index is 0.939. The van der Waals surface area contributed by atoms with E-state index in [0.717, 1.165) is 51.2 Å². The second-order valence-corrected chi connectivity index (χ2v) is 7.10. The van der Waals surface area contributed by atoms with Gasteiger partial charge in [0, 0.05) is 30.2 Å². The Balaban J connectivity index is 1.77. The summed E-state index contributed by atoms with van der Waals surface area (Å²) in [4.78, 5) is 2.48. The molecule has 0 aliphatic heterocycles. The zero-order valence-electron chi connectivity index (χ0n) is 16.9. The fourth-order valence-electron chi connectivity index (χ4n) is 3.78. The van der Waals surface area contributed by atoms with E-state index in [1.54, 1.807) is 7.11 Å². The van der Waals surface area contributed by atoms with Crippen molar-refractivity contribution in [3.8, 4) is 5.75 Å². The molecule has 3 rings (SSSR count). The van der Waals surface area contributed by atoms with Crippen LogP contribution in [0.1, 0.15) is 31.4 Å². The molecule has 0 bridgehead atoms. The largest absolute Gasteiger partial charge is 0.497 e. The van der Waals surface area contributed by atoms with Gasteiger partial charge in [-0.15, -0.1) is 0 Å². The predicted octanol–water partition coefficient (Wildman–Crippen LogP) is 5.17. The topological polar surface area (TPSA) is 17.4 Å². The van der Waals surface area contributed by atoms with Gasteiger partial charge in [0.15, 0.2) is 0 Å². The molecular formula is C24H32N2O. The molecule has 0 aliphatic rings. The molecule has 144 valence electrons. The Morgan fingerprint density at radius 1 is 0.963 bits per heavy atom. The number of hydrogen-bond donors (Lipinski definition) is 0. The van der Waals surface area contributed by atoms with Gasteiger partial charge in [0.1, 0.15) is 5.75 Å². The molecule has 0 aliphatic carbocycles. The predicted molar refractivity (Wildman–Crippen MR) is 115 cm³/mol. The van der Waals surface area contributed by atoms with Crippen molar-refractivity contribution in [2.45, 2.75) is 39.7 Å². The van der Waals surface area contributed by atoms with Crippen LogP contribution in [0.25, 0.3) is 10.9 Å². The first-order valence-electron chi connectivity index (χ1n) is 10.2. The number of likely N-dealkylation sites (N-methyl/N-ethyl adjacent to an activating group) is 1. The van der Waals surface area contributed by atoms with Crippen molar-refractivity contribution >= 4 is 10.9 Å². The average molecular weight is 365 g/mol. The maximum absolute atomic E-state index is 5.47. The molecule has 1 heterocycles. The molecule has 3 aromatic rings. The highest BCUT2D eigenvalue weighted by atomic mass is 16.5. The molecule has 0 saturated carbocycles. The third-order valence-corrected chi connectivity index (χ3v) is 5.47. The van der Waals surface area contributed by atoms with Crippen molar-refractivity contribution < 1.29 is 4.74 Å². The molecule has 0 spiro atoms. The average Bonchev–Trinajstić information content (AvgIpc) is 3.06. The lowest BCUT2D eigenvalue weighted by Crippen LogP contribution is -2.25. The van der Waals surface area contributed by atoms with Crippen LogP contribution < -0.4 is 4.74 Å². The standard InChI is InChI=1S/C24H32N2O/c1-4-25(5-2)17-15-21-19-26(16-9-12-20-10-7-6-8-11-20)24-14-13-22(27-3)18-23(21)24/h6-8,10-11,13-14,18-19H,4-5,9,12,15-17H2,1-3H3. The third kappa shape index (κ3) is 4.92. The SMILES string of the molecule is CCN(CC)CCc1cn(CCCc2ccccc2)c2ccc(OC)cc12. The lowest BCUT2D eigenvalue weighted by atomic mass is 10.1. The maximum Gasteiger partial charge on any atom is 0.119 e.